The van der Waals surface area contributed by atoms with Crippen LogP contribution in [-0.2, 0) is 0 Å². The highest BCUT2D eigenvalue weighted by molar-refractivity contribution is 7.15. The van der Waals surface area contributed by atoms with E-state index in [0.717, 1.165) is 27.0 Å². The number of methoxy groups -OCH3 is 1. The van der Waals surface area contributed by atoms with Gasteiger partial charge in [-0.3, -0.25) is 0 Å². The molecule has 0 unspecified atom stereocenters. The van der Waals surface area contributed by atoms with Crippen LogP contribution in [0.3, 0.4) is 0 Å². The molecule has 0 spiro atoms. The van der Waals surface area contributed by atoms with Crippen molar-refractivity contribution in [2.45, 2.75) is 13.8 Å². The summed E-state index contributed by atoms with van der Waals surface area (Å²) in [6.07, 6.45) is 3.41. The zero-order valence-corrected chi connectivity index (χ0v) is 13.3. The summed E-state index contributed by atoms with van der Waals surface area (Å²) < 4.78 is 5.04. The van der Waals surface area contributed by atoms with Gasteiger partial charge in [-0.1, -0.05) is 0 Å². The Kier molecular flexibility index (Phi) is 3.97. The van der Waals surface area contributed by atoms with Crippen molar-refractivity contribution in [3.05, 3.63) is 41.3 Å². The van der Waals surface area contributed by atoms with Gasteiger partial charge >= 0.3 is 0 Å². The van der Waals surface area contributed by atoms with Gasteiger partial charge in [-0.05, 0) is 26.0 Å². The maximum atomic E-state index is 5.04. The quantitative estimate of drug-likeness (QED) is 0.796. The summed E-state index contributed by atoms with van der Waals surface area (Å²) in [5, 5.41) is 4.16. The molecule has 0 aliphatic heterocycles. The number of aryl methyl sites for hydroxylation is 2. The summed E-state index contributed by atoms with van der Waals surface area (Å²) in [6, 6.07) is 5.53. The molecule has 3 rings (SSSR count). The lowest BCUT2D eigenvalue weighted by Crippen LogP contribution is -1.98. The first kappa shape index (κ1) is 14.4. The highest BCUT2D eigenvalue weighted by Crippen LogP contribution is 2.28. The summed E-state index contributed by atoms with van der Waals surface area (Å²) >= 11 is 1.63. The summed E-state index contributed by atoms with van der Waals surface area (Å²) in [5.74, 6) is 1.09. The Morgan fingerprint density at radius 1 is 1.09 bits per heavy atom. The fraction of sp³-hybridized carbons (Fsp3) is 0.200. The van der Waals surface area contributed by atoms with E-state index in [-0.39, 0.29) is 0 Å². The van der Waals surface area contributed by atoms with Crippen LogP contribution in [0.15, 0.2) is 30.6 Å². The van der Waals surface area contributed by atoms with Crippen molar-refractivity contribution in [1.82, 2.24) is 19.9 Å². The van der Waals surface area contributed by atoms with Gasteiger partial charge in [0.1, 0.15) is 0 Å². The second-order valence-corrected chi connectivity index (χ2v) is 5.83. The summed E-state index contributed by atoms with van der Waals surface area (Å²) in [4.78, 5) is 18.4. The molecule has 0 amide bonds. The standard InChI is InChI=1S/C15H15N5OS/c1-9-14(22-10(2)18-9)12-6-7-16-15(20-12)19-11-4-5-13(21-3)17-8-11/h4-8H,1-3H3,(H,16,19,20). The molecule has 0 saturated heterocycles. The number of nitrogens with one attached hydrogen (secondary N) is 1. The summed E-state index contributed by atoms with van der Waals surface area (Å²) in [7, 11) is 1.58. The smallest absolute Gasteiger partial charge is 0.227 e. The summed E-state index contributed by atoms with van der Waals surface area (Å²) in [5.41, 5.74) is 2.65. The lowest BCUT2D eigenvalue weighted by Gasteiger charge is -2.06. The Labute approximate surface area is 132 Å². The molecule has 0 saturated carbocycles. The number of hydrogen-bond donors (Lipinski definition) is 1. The minimum absolute atomic E-state index is 0.523. The van der Waals surface area contributed by atoms with E-state index in [1.807, 2.05) is 26.0 Å². The van der Waals surface area contributed by atoms with E-state index in [9.17, 15) is 0 Å². The molecule has 7 heteroatoms. The number of aromatic nitrogens is 4. The van der Waals surface area contributed by atoms with Crippen LogP contribution >= 0.6 is 11.3 Å². The van der Waals surface area contributed by atoms with Crippen LogP contribution in [0, 0.1) is 13.8 Å². The van der Waals surface area contributed by atoms with Gasteiger partial charge in [-0.15, -0.1) is 11.3 Å². The van der Waals surface area contributed by atoms with E-state index < -0.39 is 0 Å². The van der Waals surface area contributed by atoms with Crippen molar-refractivity contribution in [1.29, 1.82) is 0 Å². The molecule has 0 aliphatic carbocycles. The fourth-order valence-electron chi connectivity index (χ4n) is 2.02. The minimum Gasteiger partial charge on any atom is -0.481 e. The van der Waals surface area contributed by atoms with Crippen LogP contribution in [0.1, 0.15) is 10.7 Å². The van der Waals surface area contributed by atoms with E-state index in [1.54, 1.807) is 36.9 Å². The molecule has 22 heavy (non-hydrogen) atoms. The molecule has 3 aromatic rings. The molecule has 1 N–H and O–H groups in total. The number of ether oxygens (including phenoxy) is 1. The van der Waals surface area contributed by atoms with E-state index in [2.05, 4.69) is 25.3 Å². The molecule has 0 aromatic carbocycles. The van der Waals surface area contributed by atoms with E-state index in [0.29, 0.717) is 11.8 Å². The average molecular weight is 313 g/mol. The Balaban J connectivity index is 1.86. The number of hydrogen-bond acceptors (Lipinski definition) is 7. The first-order chi connectivity index (χ1) is 10.7. The van der Waals surface area contributed by atoms with Crippen molar-refractivity contribution in [2.24, 2.45) is 0 Å². The van der Waals surface area contributed by atoms with Crippen molar-refractivity contribution >= 4 is 23.0 Å². The Hall–Kier alpha value is -2.54. The molecule has 0 fully saturated rings. The van der Waals surface area contributed by atoms with Crippen molar-refractivity contribution in [2.75, 3.05) is 12.4 Å². The predicted octanol–water partition coefficient (Wildman–Crippen LogP) is 3.36. The first-order valence-electron chi connectivity index (χ1n) is 6.70. The molecule has 112 valence electrons. The van der Waals surface area contributed by atoms with Crippen LogP contribution in [0.4, 0.5) is 11.6 Å². The molecule has 0 aliphatic rings. The van der Waals surface area contributed by atoms with E-state index in [4.69, 9.17) is 4.74 Å². The third-order valence-electron chi connectivity index (χ3n) is 2.99. The van der Waals surface area contributed by atoms with Crippen LogP contribution in [-0.4, -0.2) is 27.0 Å². The molecule has 0 bridgehead atoms. The second kappa shape index (κ2) is 6.07. The topological polar surface area (TPSA) is 72.8 Å². The van der Waals surface area contributed by atoms with Crippen LogP contribution in [0.25, 0.3) is 10.6 Å². The SMILES string of the molecule is COc1ccc(Nc2nccc(-c3sc(C)nc3C)n2)cn1. The van der Waals surface area contributed by atoms with Gasteiger partial charge in [0.2, 0.25) is 11.8 Å². The van der Waals surface area contributed by atoms with Gasteiger partial charge in [0.05, 0.1) is 40.3 Å². The third kappa shape index (κ3) is 3.04. The van der Waals surface area contributed by atoms with Crippen molar-refractivity contribution in [3.63, 3.8) is 0 Å². The molecule has 3 aromatic heterocycles. The van der Waals surface area contributed by atoms with Crippen molar-refractivity contribution < 1.29 is 4.74 Å². The molecular formula is C15H15N5OS. The molecular weight excluding hydrogens is 298 g/mol. The lowest BCUT2D eigenvalue weighted by atomic mass is 10.3. The van der Waals surface area contributed by atoms with Gasteiger partial charge < -0.3 is 10.1 Å². The zero-order chi connectivity index (χ0) is 15.5. The number of thiazole rings is 1. The number of rotatable bonds is 4. The fourth-order valence-corrected chi connectivity index (χ4v) is 2.91. The first-order valence-corrected chi connectivity index (χ1v) is 7.52. The van der Waals surface area contributed by atoms with Gasteiger partial charge in [0.25, 0.3) is 0 Å². The molecule has 3 heterocycles. The molecule has 6 nitrogen and oxygen atoms in total. The van der Waals surface area contributed by atoms with Crippen LogP contribution in [0.5, 0.6) is 5.88 Å². The normalized spacial score (nSPS) is 10.5. The van der Waals surface area contributed by atoms with Gasteiger partial charge in [-0.25, -0.2) is 19.9 Å². The van der Waals surface area contributed by atoms with Gasteiger partial charge in [-0.2, -0.15) is 0 Å². The maximum absolute atomic E-state index is 5.04. The largest absolute Gasteiger partial charge is 0.481 e. The summed E-state index contributed by atoms with van der Waals surface area (Å²) in [6.45, 7) is 3.98. The maximum Gasteiger partial charge on any atom is 0.227 e. The van der Waals surface area contributed by atoms with E-state index >= 15 is 0 Å². The van der Waals surface area contributed by atoms with Crippen LogP contribution < -0.4 is 10.1 Å². The highest BCUT2D eigenvalue weighted by Gasteiger charge is 2.10. The Morgan fingerprint density at radius 2 is 1.95 bits per heavy atom. The van der Waals surface area contributed by atoms with Gasteiger partial charge in [0.15, 0.2) is 0 Å². The third-order valence-corrected chi connectivity index (χ3v) is 4.09. The number of pyridine rings is 1. The predicted molar refractivity (Wildman–Crippen MR) is 86.7 cm³/mol. The highest BCUT2D eigenvalue weighted by atomic mass is 32.1. The Bertz CT molecular complexity index is 785. The van der Waals surface area contributed by atoms with Crippen molar-refractivity contribution in [3.8, 4) is 16.5 Å². The van der Waals surface area contributed by atoms with Crippen LogP contribution in [0.2, 0.25) is 0 Å². The zero-order valence-electron chi connectivity index (χ0n) is 12.5. The van der Waals surface area contributed by atoms with Gasteiger partial charge in [0, 0.05) is 12.3 Å². The monoisotopic (exact) mass is 313 g/mol. The second-order valence-electron chi connectivity index (χ2n) is 4.63. The lowest BCUT2D eigenvalue weighted by molar-refractivity contribution is 0.398. The van der Waals surface area contributed by atoms with E-state index in [1.165, 1.54) is 0 Å². The number of nitrogens with zero attached hydrogens (tertiary/aromatic N) is 4. The Morgan fingerprint density at radius 3 is 2.59 bits per heavy atom. The molecule has 0 radical (unpaired) electrons. The number of anilines is 2. The molecule has 0 atom stereocenters. The average Bonchev–Trinajstić information content (AvgIpc) is 2.87. The minimum atomic E-state index is 0.523.